The molecule has 2 rings (SSSR count). The molecule has 0 aromatic rings. The summed E-state index contributed by atoms with van der Waals surface area (Å²) in [5.41, 5.74) is 2.32. The molecule has 3 nitrogen and oxygen atoms in total. The minimum atomic E-state index is -1.84. The van der Waals surface area contributed by atoms with Crippen molar-refractivity contribution in [3.8, 4) is 0 Å². The Morgan fingerprint density at radius 3 is 2.62 bits per heavy atom. The van der Waals surface area contributed by atoms with Gasteiger partial charge in [-0.2, -0.15) is 0 Å². The summed E-state index contributed by atoms with van der Waals surface area (Å²) in [6.07, 6.45) is 3.42. The van der Waals surface area contributed by atoms with E-state index in [0.29, 0.717) is 19.9 Å². The van der Waals surface area contributed by atoms with Gasteiger partial charge in [-0.25, -0.2) is 0 Å². The number of hydrogen-bond donors (Lipinski definition) is 0. The summed E-state index contributed by atoms with van der Waals surface area (Å²) in [4.78, 5) is 15.3. The normalized spacial score (nSPS) is 28.9. The summed E-state index contributed by atoms with van der Waals surface area (Å²) in [7, 11) is -1.84. The Labute approximate surface area is 155 Å². The summed E-state index contributed by atoms with van der Waals surface area (Å²) >= 11 is 0.473. The molecule has 1 amide bonds. The van der Waals surface area contributed by atoms with Crippen LogP contribution in [0.5, 0.6) is 0 Å². The third kappa shape index (κ3) is 3.90. The van der Waals surface area contributed by atoms with E-state index in [-0.39, 0.29) is 23.0 Å². The molecule has 2 heterocycles. The molecule has 0 N–H and O–H groups in total. The first-order chi connectivity index (χ1) is 11.0. The molecule has 0 saturated carbocycles. The number of rotatable bonds is 4. The SMILES string of the molecule is C=C(C)/C1=C/CC[Se][C@@H]2[C@@H]([C@@H](C)O[Si](C)(C)C(C)(C)C)C(=O)N2C1. The fraction of sp³-hybridized carbons (Fsp3) is 0.737. The molecule has 0 aliphatic carbocycles. The predicted molar refractivity (Wildman–Crippen MR) is 105 cm³/mol. The van der Waals surface area contributed by atoms with E-state index in [1.807, 2.05) is 6.92 Å². The van der Waals surface area contributed by atoms with Crippen LogP contribution in [0.4, 0.5) is 0 Å². The third-order valence-electron chi connectivity index (χ3n) is 5.66. The first kappa shape index (κ1) is 20.0. The number of fused-ring (bicyclic) bond motifs is 1. The average Bonchev–Trinajstić information content (AvgIpc) is 2.39. The second kappa shape index (κ2) is 7.10. The van der Waals surface area contributed by atoms with Gasteiger partial charge < -0.3 is 0 Å². The van der Waals surface area contributed by atoms with Crippen LogP contribution in [0.25, 0.3) is 0 Å². The summed E-state index contributed by atoms with van der Waals surface area (Å²) in [6.45, 7) is 20.3. The van der Waals surface area contributed by atoms with Crippen LogP contribution in [0.15, 0.2) is 23.8 Å². The van der Waals surface area contributed by atoms with Gasteiger partial charge in [0, 0.05) is 0 Å². The second-order valence-electron chi connectivity index (χ2n) is 8.63. The van der Waals surface area contributed by atoms with Gasteiger partial charge in [-0.3, -0.25) is 0 Å². The average molecular weight is 415 g/mol. The molecule has 0 aromatic heterocycles. The Morgan fingerprint density at radius 2 is 2.08 bits per heavy atom. The van der Waals surface area contributed by atoms with Crippen molar-refractivity contribution in [2.75, 3.05) is 6.54 Å². The quantitative estimate of drug-likeness (QED) is 0.510. The van der Waals surface area contributed by atoms with Crippen LogP contribution in [-0.2, 0) is 9.22 Å². The number of allylic oxidation sites excluding steroid dienone is 1. The molecule has 5 heteroatoms. The molecular weight excluding hydrogens is 381 g/mol. The van der Waals surface area contributed by atoms with Gasteiger partial charge in [-0.1, -0.05) is 0 Å². The van der Waals surface area contributed by atoms with E-state index in [1.165, 1.54) is 10.9 Å². The maximum atomic E-state index is 12.8. The molecule has 2 aliphatic heterocycles. The van der Waals surface area contributed by atoms with Crippen molar-refractivity contribution in [1.29, 1.82) is 0 Å². The molecular formula is C19H33NO2SeSi. The Balaban J connectivity index is 2.10. The van der Waals surface area contributed by atoms with E-state index in [4.69, 9.17) is 4.43 Å². The topological polar surface area (TPSA) is 29.5 Å². The van der Waals surface area contributed by atoms with Gasteiger partial charge in [0.05, 0.1) is 0 Å². The Hall–Kier alpha value is -0.354. The maximum absolute atomic E-state index is 12.8. The van der Waals surface area contributed by atoms with Gasteiger partial charge in [-0.15, -0.1) is 0 Å². The monoisotopic (exact) mass is 415 g/mol. The second-order valence-corrected chi connectivity index (χ2v) is 16.0. The van der Waals surface area contributed by atoms with Gasteiger partial charge in [0.2, 0.25) is 0 Å². The van der Waals surface area contributed by atoms with Crippen molar-refractivity contribution in [1.82, 2.24) is 4.90 Å². The molecule has 0 aromatic carbocycles. The van der Waals surface area contributed by atoms with Gasteiger partial charge in [0.15, 0.2) is 0 Å². The molecule has 24 heavy (non-hydrogen) atoms. The molecule has 1 fully saturated rings. The van der Waals surface area contributed by atoms with Crippen LogP contribution >= 0.6 is 0 Å². The summed E-state index contributed by atoms with van der Waals surface area (Å²) in [5, 5.41) is 1.37. The van der Waals surface area contributed by atoms with E-state index < -0.39 is 8.32 Å². The Kier molecular flexibility index (Phi) is 5.91. The van der Waals surface area contributed by atoms with Gasteiger partial charge >= 0.3 is 155 Å². The van der Waals surface area contributed by atoms with E-state index in [9.17, 15) is 4.79 Å². The Morgan fingerprint density at radius 1 is 1.46 bits per heavy atom. The molecule has 0 spiro atoms. The predicted octanol–water partition coefficient (Wildman–Crippen LogP) is 4.21. The van der Waals surface area contributed by atoms with E-state index in [2.05, 4.69) is 58.3 Å². The van der Waals surface area contributed by atoms with E-state index in [0.717, 1.165) is 18.5 Å². The number of nitrogens with zero attached hydrogens (tertiary/aromatic N) is 1. The van der Waals surface area contributed by atoms with Crippen LogP contribution < -0.4 is 0 Å². The third-order valence-corrected chi connectivity index (χ3v) is 13.1. The fourth-order valence-corrected chi connectivity index (χ4v) is 7.40. The first-order valence-corrected chi connectivity index (χ1v) is 14.0. The zero-order chi connectivity index (χ0) is 18.3. The number of amides is 1. The van der Waals surface area contributed by atoms with Crippen LogP contribution in [-0.4, -0.2) is 51.7 Å². The Bertz CT molecular complexity index is 550. The van der Waals surface area contributed by atoms with E-state index in [1.54, 1.807) is 0 Å². The fourth-order valence-electron chi connectivity index (χ4n) is 3.04. The summed E-state index contributed by atoms with van der Waals surface area (Å²) in [6, 6.07) is 0. The molecule has 2 aliphatic rings. The van der Waals surface area contributed by atoms with Crippen LogP contribution in [0.1, 0.15) is 41.0 Å². The van der Waals surface area contributed by atoms with Crippen molar-refractivity contribution in [3.05, 3.63) is 23.8 Å². The van der Waals surface area contributed by atoms with Crippen molar-refractivity contribution in [3.63, 3.8) is 0 Å². The van der Waals surface area contributed by atoms with Gasteiger partial charge in [-0.05, 0) is 0 Å². The van der Waals surface area contributed by atoms with Crippen molar-refractivity contribution in [2.24, 2.45) is 5.92 Å². The zero-order valence-electron chi connectivity index (χ0n) is 16.3. The summed E-state index contributed by atoms with van der Waals surface area (Å²) in [5.74, 6) is 0.339. The van der Waals surface area contributed by atoms with Crippen molar-refractivity contribution in [2.45, 2.75) is 75.5 Å². The van der Waals surface area contributed by atoms with Crippen LogP contribution in [0.3, 0.4) is 0 Å². The molecule has 0 radical (unpaired) electrons. The minimum absolute atomic E-state index is 0.0261. The zero-order valence-corrected chi connectivity index (χ0v) is 19.0. The van der Waals surface area contributed by atoms with Crippen molar-refractivity contribution < 1.29 is 9.22 Å². The first-order valence-electron chi connectivity index (χ1n) is 8.90. The molecule has 1 saturated heterocycles. The number of carbonyl (C=O) groups excluding carboxylic acids is 1. The molecule has 136 valence electrons. The van der Waals surface area contributed by atoms with E-state index >= 15 is 0 Å². The molecule has 3 atom stereocenters. The van der Waals surface area contributed by atoms with Crippen LogP contribution in [0, 0.1) is 5.92 Å². The molecule has 0 bridgehead atoms. The standard InChI is InChI=1S/C19H33NO2SeSi/c1-13(2)15-10-9-11-23-18-16(17(21)20(18)12-15)14(3)22-24(7,8)19(4,5)6/h10,14,16,18H,1,9,11-12H2,2-8H3/b15-10+/t14-,16+,18-/m1/s1. The molecule has 0 unspecified atom stereocenters. The van der Waals surface area contributed by atoms with Crippen LogP contribution in [0.2, 0.25) is 23.5 Å². The summed E-state index contributed by atoms with van der Waals surface area (Å²) < 4.78 is 6.54. The van der Waals surface area contributed by atoms with Gasteiger partial charge in [0.1, 0.15) is 0 Å². The number of β-lactam (4-membered cyclic amide) rings is 1. The number of carbonyl (C=O) groups is 1. The van der Waals surface area contributed by atoms with Gasteiger partial charge in [0.25, 0.3) is 0 Å². The van der Waals surface area contributed by atoms with Crippen molar-refractivity contribution >= 4 is 29.2 Å². The number of hydrogen-bond acceptors (Lipinski definition) is 2.